The first-order valence-electron chi connectivity index (χ1n) is 24.7. The molecule has 68 heavy (non-hydrogen) atoms. The number of anilines is 5. The highest BCUT2D eigenvalue weighted by Crippen LogP contribution is 2.61. The molecule has 332 valence electrons. The normalized spacial score (nSPS) is 16.7. The van der Waals surface area contributed by atoms with Gasteiger partial charge in [0.15, 0.2) is 0 Å². The fourth-order valence-electron chi connectivity index (χ4n) is 12.9. The van der Waals surface area contributed by atoms with Crippen molar-refractivity contribution in [2.75, 3.05) is 9.71 Å². The van der Waals surface area contributed by atoms with Crippen LogP contribution >= 0.6 is 0 Å². The minimum atomic E-state index is -0.582. The molecule has 1 aliphatic carbocycles. The van der Waals surface area contributed by atoms with Gasteiger partial charge in [-0.1, -0.05) is 188 Å². The monoisotopic (exact) mass is 880 g/mol. The Morgan fingerprint density at radius 1 is 0.515 bits per heavy atom. The summed E-state index contributed by atoms with van der Waals surface area (Å²) >= 11 is 0. The number of benzene rings is 8. The van der Waals surface area contributed by atoms with Crippen molar-refractivity contribution in [3.05, 3.63) is 220 Å². The van der Waals surface area contributed by atoms with Crippen LogP contribution in [0.3, 0.4) is 0 Å². The standard InChI is InChI=1S/C64H57BN2O/c1-40-35-47-45-27-20-29-50-59(45)67(54-30-19-18-28-49(54)64(50,42-23-14-10-15-24-42)43-25-16-11-17-26-43)65-57(47)55(36-40)66(53-32-31-44(61(2,3)4)37-46(53)41-21-12-9-13-22-41)60-58(65)48-38-51-52(39-56(48)68-60)63(7,8)34-33-62(51,5)6/h9-32,35-39H,33-34H2,1-8H3. The second-order valence-electron chi connectivity index (χ2n) is 22.4. The van der Waals surface area contributed by atoms with Crippen molar-refractivity contribution in [3.63, 3.8) is 0 Å². The van der Waals surface area contributed by atoms with Crippen LogP contribution in [0.1, 0.15) is 106 Å². The Bertz CT molecular complexity index is 3480. The molecule has 8 aromatic carbocycles. The Labute approximate surface area is 402 Å². The molecule has 9 aromatic rings. The lowest BCUT2D eigenvalue weighted by atomic mass is 9.42. The van der Waals surface area contributed by atoms with Gasteiger partial charge < -0.3 is 9.23 Å². The first kappa shape index (κ1) is 41.2. The second-order valence-corrected chi connectivity index (χ2v) is 22.4. The molecule has 0 fully saturated rings. The van der Waals surface area contributed by atoms with Crippen molar-refractivity contribution in [2.45, 2.75) is 89.9 Å². The van der Waals surface area contributed by atoms with Crippen molar-refractivity contribution < 1.29 is 4.42 Å². The molecular weight excluding hydrogens is 824 g/mol. The Hall–Kier alpha value is -7.04. The highest BCUT2D eigenvalue weighted by atomic mass is 16.4. The van der Waals surface area contributed by atoms with Gasteiger partial charge in [0.1, 0.15) is 5.58 Å². The Morgan fingerprint density at radius 2 is 1.13 bits per heavy atom. The van der Waals surface area contributed by atoms with Crippen LogP contribution in [0.4, 0.5) is 28.6 Å². The highest BCUT2D eigenvalue weighted by molar-refractivity contribution is 6.95. The van der Waals surface area contributed by atoms with Crippen LogP contribution in [0.2, 0.25) is 0 Å². The molecule has 0 unspecified atom stereocenters. The first-order chi connectivity index (χ1) is 32.8. The summed E-state index contributed by atoms with van der Waals surface area (Å²) in [6.07, 6.45) is 2.27. The van der Waals surface area contributed by atoms with Gasteiger partial charge in [-0.3, -0.25) is 4.90 Å². The van der Waals surface area contributed by atoms with E-state index >= 15 is 0 Å². The van der Waals surface area contributed by atoms with Crippen LogP contribution in [0.15, 0.2) is 180 Å². The van der Waals surface area contributed by atoms with Gasteiger partial charge in [-0.25, -0.2) is 0 Å². The van der Waals surface area contributed by atoms with Gasteiger partial charge in [-0.15, -0.1) is 0 Å². The second kappa shape index (κ2) is 14.2. The highest BCUT2D eigenvalue weighted by Gasteiger charge is 2.55. The van der Waals surface area contributed by atoms with Crippen LogP contribution in [-0.2, 0) is 21.7 Å². The number of aryl methyl sites for hydroxylation is 1. The number of hydrogen-bond donors (Lipinski definition) is 0. The molecule has 3 nitrogen and oxygen atoms in total. The number of nitrogens with zero attached hydrogens (tertiary/aromatic N) is 2. The zero-order valence-corrected chi connectivity index (χ0v) is 40.5. The molecule has 0 saturated carbocycles. The van der Waals surface area contributed by atoms with Crippen LogP contribution in [0, 0.1) is 6.92 Å². The summed E-state index contributed by atoms with van der Waals surface area (Å²) in [6, 6.07) is 66.8. The average molecular weight is 881 g/mol. The van der Waals surface area contributed by atoms with Crippen LogP contribution < -0.4 is 20.6 Å². The van der Waals surface area contributed by atoms with E-state index in [0.29, 0.717) is 0 Å². The zero-order valence-electron chi connectivity index (χ0n) is 40.5. The summed E-state index contributed by atoms with van der Waals surface area (Å²) in [4.78, 5) is 5.23. The minimum Gasteiger partial charge on any atom is -0.440 e. The molecular formula is C64H57BN2O. The third-order valence-corrected chi connectivity index (χ3v) is 16.4. The van der Waals surface area contributed by atoms with E-state index in [2.05, 4.69) is 241 Å². The van der Waals surface area contributed by atoms with Gasteiger partial charge in [-0.05, 0) is 134 Å². The van der Waals surface area contributed by atoms with E-state index in [1.807, 2.05) is 0 Å². The summed E-state index contributed by atoms with van der Waals surface area (Å²) in [7, 11) is 0. The Kier molecular flexibility index (Phi) is 8.63. The summed E-state index contributed by atoms with van der Waals surface area (Å²) in [5, 5.41) is 1.20. The fraction of sp³-hybridized carbons (Fsp3) is 0.219. The van der Waals surface area contributed by atoms with Gasteiger partial charge in [0.25, 0.3) is 0 Å². The van der Waals surface area contributed by atoms with Gasteiger partial charge in [0.2, 0.25) is 5.88 Å². The molecule has 0 amide bonds. The van der Waals surface area contributed by atoms with E-state index in [1.54, 1.807) is 0 Å². The van der Waals surface area contributed by atoms with Crippen molar-refractivity contribution in [2.24, 2.45) is 0 Å². The Morgan fingerprint density at radius 3 is 1.81 bits per heavy atom. The smallest absolute Gasteiger partial charge is 0.337 e. The molecule has 0 radical (unpaired) electrons. The topological polar surface area (TPSA) is 19.6 Å². The summed E-state index contributed by atoms with van der Waals surface area (Å²) < 4.78 is 7.66. The number of furan rings is 1. The summed E-state index contributed by atoms with van der Waals surface area (Å²) in [5.41, 5.74) is 23.0. The van der Waals surface area contributed by atoms with Crippen molar-refractivity contribution in [3.8, 4) is 22.3 Å². The van der Waals surface area contributed by atoms with Crippen LogP contribution in [0.5, 0.6) is 0 Å². The van der Waals surface area contributed by atoms with Gasteiger partial charge >= 0.3 is 6.85 Å². The van der Waals surface area contributed by atoms with Crippen LogP contribution in [0.25, 0.3) is 33.2 Å². The lowest BCUT2D eigenvalue weighted by Gasteiger charge is -2.52. The lowest BCUT2D eigenvalue weighted by molar-refractivity contribution is 0.332. The van der Waals surface area contributed by atoms with E-state index in [1.165, 1.54) is 100 Å². The third-order valence-electron chi connectivity index (χ3n) is 16.4. The van der Waals surface area contributed by atoms with Crippen LogP contribution in [-0.4, -0.2) is 6.85 Å². The average Bonchev–Trinajstić information content (AvgIpc) is 3.72. The number of para-hydroxylation sites is 2. The predicted molar refractivity (Wildman–Crippen MR) is 286 cm³/mol. The quantitative estimate of drug-likeness (QED) is 0.164. The number of hydrogen-bond acceptors (Lipinski definition) is 3. The van der Waals surface area contributed by atoms with Gasteiger partial charge in [0, 0.05) is 39.0 Å². The van der Waals surface area contributed by atoms with Gasteiger partial charge in [-0.2, -0.15) is 0 Å². The van der Waals surface area contributed by atoms with E-state index in [-0.39, 0.29) is 23.1 Å². The first-order valence-corrected chi connectivity index (χ1v) is 24.7. The third kappa shape index (κ3) is 5.61. The van der Waals surface area contributed by atoms with E-state index < -0.39 is 5.41 Å². The van der Waals surface area contributed by atoms with E-state index in [9.17, 15) is 0 Å². The minimum absolute atomic E-state index is 0.00994. The predicted octanol–water partition coefficient (Wildman–Crippen LogP) is 15.5. The van der Waals surface area contributed by atoms with E-state index in [4.69, 9.17) is 4.42 Å². The molecule has 3 aliphatic heterocycles. The summed E-state index contributed by atoms with van der Waals surface area (Å²) in [6.45, 7) is 18.8. The molecule has 13 rings (SSSR count). The maximum absolute atomic E-state index is 7.66. The zero-order chi connectivity index (χ0) is 46.5. The maximum Gasteiger partial charge on any atom is 0.337 e. The molecule has 0 N–H and O–H groups in total. The number of fused-ring (bicyclic) bond motifs is 9. The largest absolute Gasteiger partial charge is 0.440 e. The van der Waals surface area contributed by atoms with Crippen molar-refractivity contribution in [1.29, 1.82) is 0 Å². The SMILES string of the molecule is Cc1cc2c3c(c1)N(c1ccc(C(C)(C)C)cc1-c1ccccc1)c1oc4cc5c(cc4c1B3N1c3ccccc3C(c3ccccc3)(c3ccccc3)c3cccc-2c31)C(C)(C)CCC5(C)C. The fourth-order valence-corrected chi connectivity index (χ4v) is 12.9. The molecule has 0 spiro atoms. The molecule has 1 aromatic heterocycles. The summed E-state index contributed by atoms with van der Waals surface area (Å²) in [5.74, 6) is 0.897. The lowest BCUT2D eigenvalue weighted by Crippen LogP contribution is -2.63. The van der Waals surface area contributed by atoms with E-state index in [0.717, 1.165) is 30.0 Å². The molecule has 4 heterocycles. The molecule has 0 atom stereocenters. The van der Waals surface area contributed by atoms with Crippen molar-refractivity contribution >= 4 is 57.4 Å². The molecule has 4 aliphatic rings. The Balaban J connectivity index is 1.20. The number of rotatable bonds is 4. The van der Waals surface area contributed by atoms with Crippen molar-refractivity contribution in [1.82, 2.24) is 0 Å². The maximum atomic E-state index is 7.66. The van der Waals surface area contributed by atoms with Gasteiger partial charge in [0.05, 0.1) is 11.1 Å². The molecule has 4 heteroatoms. The molecule has 0 saturated heterocycles. The molecule has 0 bridgehead atoms.